The fourth-order valence-corrected chi connectivity index (χ4v) is 4.24. The summed E-state index contributed by atoms with van der Waals surface area (Å²) in [6, 6.07) is 16.7. The Labute approximate surface area is 228 Å². The van der Waals surface area contributed by atoms with Crippen molar-refractivity contribution in [1.82, 2.24) is 24.7 Å². The second kappa shape index (κ2) is 10.9. The van der Waals surface area contributed by atoms with Crippen LogP contribution in [0.25, 0.3) is 17.0 Å². The highest BCUT2D eigenvalue weighted by molar-refractivity contribution is 5.95. The zero-order valence-corrected chi connectivity index (χ0v) is 21.8. The molecule has 0 saturated heterocycles. The van der Waals surface area contributed by atoms with E-state index in [1.54, 1.807) is 32.0 Å². The minimum Gasteiger partial charge on any atom is -0.446 e. The van der Waals surface area contributed by atoms with Gasteiger partial charge in [-0.2, -0.15) is 19.7 Å². The number of carbonyl (C=O) groups is 1. The van der Waals surface area contributed by atoms with Crippen LogP contribution in [0.4, 0.5) is 30.9 Å². The van der Waals surface area contributed by atoms with Crippen molar-refractivity contribution in [3.63, 3.8) is 0 Å². The molecule has 0 saturated carbocycles. The number of carbonyl (C=O) groups excluding carboxylic acids is 1. The molecule has 0 aliphatic rings. The molecule has 2 aromatic carbocycles. The van der Waals surface area contributed by atoms with Crippen LogP contribution in [0.5, 0.6) is 0 Å². The normalized spacial score (nSPS) is 11.2. The molecule has 0 spiro atoms. The molecular formula is C28H26F2N8O2. The number of rotatable bonds is 7. The van der Waals surface area contributed by atoms with Crippen LogP contribution in [0.2, 0.25) is 0 Å². The van der Waals surface area contributed by atoms with Crippen LogP contribution in [0.15, 0.2) is 66.9 Å². The molecule has 0 fully saturated rings. The van der Waals surface area contributed by atoms with Gasteiger partial charge in [-0.05, 0) is 31.0 Å². The zero-order chi connectivity index (χ0) is 28.4. The topological polar surface area (TPSA) is 138 Å². The summed E-state index contributed by atoms with van der Waals surface area (Å²) in [6.45, 7) is 3.54. The Kier molecular flexibility index (Phi) is 7.23. The number of fused-ring (bicyclic) bond motifs is 1. The first kappa shape index (κ1) is 26.5. The smallest absolute Gasteiger partial charge is 0.415 e. The second-order valence-electron chi connectivity index (χ2n) is 9.29. The van der Waals surface area contributed by atoms with Gasteiger partial charge in [-0.3, -0.25) is 4.90 Å². The maximum Gasteiger partial charge on any atom is 0.415 e. The lowest BCUT2D eigenvalue weighted by atomic mass is 10.1. The molecule has 5 rings (SSSR count). The van der Waals surface area contributed by atoms with E-state index >= 15 is 0 Å². The molecule has 0 aliphatic heterocycles. The lowest BCUT2D eigenvalue weighted by Crippen LogP contribution is -2.34. The number of nitrogen functional groups attached to an aromatic ring is 2. The van der Waals surface area contributed by atoms with Crippen molar-refractivity contribution in [2.45, 2.75) is 32.9 Å². The van der Waals surface area contributed by atoms with Gasteiger partial charge in [0, 0.05) is 12.5 Å². The van der Waals surface area contributed by atoms with Gasteiger partial charge in [0.2, 0.25) is 0 Å². The van der Waals surface area contributed by atoms with E-state index in [1.807, 2.05) is 30.3 Å². The highest BCUT2D eigenvalue weighted by atomic mass is 19.1. The van der Waals surface area contributed by atoms with E-state index in [2.05, 4.69) is 20.1 Å². The van der Waals surface area contributed by atoms with E-state index < -0.39 is 23.8 Å². The van der Waals surface area contributed by atoms with Gasteiger partial charge in [0.25, 0.3) is 5.95 Å². The third-order valence-electron chi connectivity index (χ3n) is 6.00. The van der Waals surface area contributed by atoms with E-state index in [1.165, 1.54) is 21.7 Å². The third-order valence-corrected chi connectivity index (χ3v) is 6.00. The molecule has 0 unspecified atom stereocenters. The molecule has 0 atom stereocenters. The van der Waals surface area contributed by atoms with E-state index in [4.69, 9.17) is 16.2 Å². The summed E-state index contributed by atoms with van der Waals surface area (Å²) in [5.74, 6) is -1.35. The van der Waals surface area contributed by atoms with Crippen molar-refractivity contribution in [1.29, 1.82) is 0 Å². The molecule has 0 aliphatic carbocycles. The summed E-state index contributed by atoms with van der Waals surface area (Å²) in [5.41, 5.74) is 14.9. The largest absolute Gasteiger partial charge is 0.446 e. The summed E-state index contributed by atoms with van der Waals surface area (Å²) >= 11 is 0. The number of nitrogens with zero attached hydrogens (tertiary/aromatic N) is 6. The number of pyridine rings is 1. The Balaban J connectivity index is 1.59. The summed E-state index contributed by atoms with van der Waals surface area (Å²) in [7, 11) is 0. The van der Waals surface area contributed by atoms with Crippen LogP contribution < -0.4 is 16.4 Å². The third kappa shape index (κ3) is 5.37. The monoisotopic (exact) mass is 544 g/mol. The summed E-state index contributed by atoms with van der Waals surface area (Å²) in [5, 5.41) is 4.52. The number of aromatic nitrogens is 5. The maximum atomic E-state index is 14.4. The van der Waals surface area contributed by atoms with E-state index in [-0.39, 0.29) is 41.8 Å². The van der Waals surface area contributed by atoms with E-state index in [9.17, 15) is 13.6 Å². The molecule has 4 N–H and O–H groups in total. The maximum absolute atomic E-state index is 14.4. The zero-order valence-electron chi connectivity index (χ0n) is 21.8. The Morgan fingerprint density at radius 1 is 1.02 bits per heavy atom. The molecule has 40 heavy (non-hydrogen) atoms. The second-order valence-corrected chi connectivity index (χ2v) is 9.29. The number of hydrogen-bond donors (Lipinski definition) is 2. The van der Waals surface area contributed by atoms with Gasteiger partial charge in [0.15, 0.2) is 11.6 Å². The first-order valence-electron chi connectivity index (χ1n) is 12.4. The van der Waals surface area contributed by atoms with Crippen molar-refractivity contribution < 1.29 is 18.3 Å². The predicted octanol–water partition coefficient (Wildman–Crippen LogP) is 4.80. The van der Waals surface area contributed by atoms with Crippen molar-refractivity contribution in [3.05, 3.63) is 95.3 Å². The highest BCUT2D eigenvalue weighted by Gasteiger charge is 2.27. The van der Waals surface area contributed by atoms with Crippen LogP contribution in [0.3, 0.4) is 0 Å². The summed E-state index contributed by atoms with van der Waals surface area (Å²) in [4.78, 5) is 27.2. The van der Waals surface area contributed by atoms with Gasteiger partial charge in [-0.1, -0.05) is 48.5 Å². The van der Waals surface area contributed by atoms with Crippen LogP contribution in [0.1, 0.15) is 30.7 Å². The van der Waals surface area contributed by atoms with Gasteiger partial charge in [-0.25, -0.2) is 18.6 Å². The number of benzene rings is 2. The van der Waals surface area contributed by atoms with Gasteiger partial charge in [0.1, 0.15) is 22.8 Å². The van der Waals surface area contributed by atoms with Gasteiger partial charge in [0.05, 0.1) is 30.1 Å². The molecular weight excluding hydrogens is 518 g/mol. The number of hydrogen-bond acceptors (Lipinski definition) is 8. The molecule has 0 radical (unpaired) electrons. The van der Waals surface area contributed by atoms with Crippen molar-refractivity contribution in [2.75, 3.05) is 16.4 Å². The van der Waals surface area contributed by atoms with Gasteiger partial charge >= 0.3 is 6.09 Å². The average molecular weight is 545 g/mol. The van der Waals surface area contributed by atoms with Crippen molar-refractivity contribution >= 4 is 34.4 Å². The molecule has 10 nitrogen and oxygen atoms in total. The molecule has 12 heteroatoms. The molecule has 0 bridgehead atoms. The minimum absolute atomic E-state index is 0.0607. The number of halogens is 2. The Hall–Kier alpha value is -5.13. The molecule has 204 valence electrons. The summed E-state index contributed by atoms with van der Waals surface area (Å²) in [6.07, 6.45) is 0.0490. The lowest BCUT2D eigenvalue weighted by Gasteiger charge is -2.25. The standard InChI is InChI=1S/C28H26F2N8O2/c1-16(2)40-28(39)37(15-17-8-4-3-5-9-17)24-25(31)34-27(35-26(24)32)38-22-13-19(29)14-33-23(22)21(36-38)12-18-10-6-7-11-20(18)30/h3-11,13-14,16H,12,15H2,1-2H3,(H4,31,32,34,35). The molecule has 3 heterocycles. The number of nitrogens with two attached hydrogens (primary N) is 2. The van der Waals surface area contributed by atoms with Gasteiger partial charge < -0.3 is 16.2 Å². The van der Waals surface area contributed by atoms with Gasteiger partial charge in [-0.15, -0.1) is 0 Å². The predicted molar refractivity (Wildman–Crippen MR) is 147 cm³/mol. The highest BCUT2D eigenvalue weighted by Crippen LogP contribution is 2.32. The first-order valence-corrected chi connectivity index (χ1v) is 12.4. The minimum atomic E-state index is -0.684. The molecule has 1 amide bonds. The van der Waals surface area contributed by atoms with Crippen molar-refractivity contribution in [3.8, 4) is 5.95 Å². The van der Waals surface area contributed by atoms with Crippen LogP contribution in [0, 0.1) is 11.6 Å². The van der Waals surface area contributed by atoms with Crippen LogP contribution in [-0.4, -0.2) is 36.9 Å². The molecule has 3 aromatic heterocycles. The van der Waals surface area contributed by atoms with Crippen molar-refractivity contribution in [2.24, 2.45) is 0 Å². The fraction of sp³-hybridized carbons (Fsp3) is 0.179. The quantitative estimate of drug-likeness (QED) is 0.298. The Morgan fingerprint density at radius 3 is 2.38 bits per heavy atom. The number of ether oxygens (including phenoxy) is 1. The van der Waals surface area contributed by atoms with Crippen LogP contribution in [-0.2, 0) is 17.7 Å². The Morgan fingerprint density at radius 2 is 1.70 bits per heavy atom. The number of anilines is 3. The SMILES string of the molecule is CC(C)OC(=O)N(Cc1ccccc1)c1c(N)nc(-n2nc(Cc3ccccc3F)c3ncc(F)cc32)nc1N. The summed E-state index contributed by atoms with van der Waals surface area (Å²) < 4.78 is 35.3. The van der Waals surface area contributed by atoms with E-state index in [0.717, 1.165) is 11.8 Å². The first-order chi connectivity index (χ1) is 19.2. The number of amides is 1. The molecule has 5 aromatic rings. The fourth-order valence-electron chi connectivity index (χ4n) is 4.24. The lowest BCUT2D eigenvalue weighted by molar-refractivity contribution is 0.122. The van der Waals surface area contributed by atoms with E-state index in [0.29, 0.717) is 16.8 Å². The average Bonchev–Trinajstić information content (AvgIpc) is 3.26. The van der Waals surface area contributed by atoms with Crippen LogP contribution >= 0.6 is 0 Å². The Bertz CT molecular complexity index is 1670.